The first kappa shape index (κ1) is 39.3. The lowest BCUT2D eigenvalue weighted by atomic mass is 10.0. The minimum atomic E-state index is -1.31. The first-order valence-electron chi connectivity index (χ1n) is 18.9. The molecule has 2 fully saturated rings. The van der Waals surface area contributed by atoms with Crippen LogP contribution in [0.4, 0.5) is 17.1 Å². The van der Waals surface area contributed by atoms with E-state index in [0.717, 1.165) is 32.4 Å². The van der Waals surface area contributed by atoms with Crippen molar-refractivity contribution in [2.45, 2.75) is 49.3 Å². The summed E-state index contributed by atoms with van der Waals surface area (Å²) in [4.78, 5) is 63.9. The third kappa shape index (κ3) is 9.03. The van der Waals surface area contributed by atoms with Crippen molar-refractivity contribution in [1.82, 2.24) is 20.1 Å². The van der Waals surface area contributed by atoms with Gasteiger partial charge in [-0.05, 0) is 109 Å². The zero-order valence-electron chi connectivity index (χ0n) is 31.5. The molecule has 3 unspecified atom stereocenters. The number of anilines is 3. The second kappa shape index (κ2) is 17.4. The number of piperidine rings is 1. The topological polar surface area (TPSA) is 209 Å². The van der Waals surface area contributed by atoms with Gasteiger partial charge in [-0.1, -0.05) is 12.1 Å². The number of amides is 4. The normalized spacial score (nSPS) is 19.0. The molecular weight excluding hydrogens is 747 g/mol. The number of piperazine rings is 1. The van der Waals surface area contributed by atoms with E-state index in [-0.39, 0.29) is 24.7 Å². The monoisotopic (exact) mass is 791 g/mol. The number of hydrogen-bond donors (Lipinski definition) is 6. The minimum absolute atomic E-state index is 0.0204. The molecule has 4 heterocycles. The number of rotatable bonds is 11. The Kier molecular flexibility index (Phi) is 12.0. The lowest BCUT2D eigenvalue weighted by Gasteiger charge is -2.36. The predicted molar refractivity (Wildman–Crippen MR) is 217 cm³/mol. The van der Waals surface area contributed by atoms with E-state index in [2.05, 4.69) is 30.8 Å². The molecule has 57 heavy (non-hydrogen) atoms. The highest BCUT2D eigenvalue weighted by molar-refractivity contribution is 7.90. The molecule has 3 aliphatic heterocycles. The van der Waals surface area contributed by atoms with Crippen LogP contribution in [0.1, 0.15) is 54.3 Å². The summed E-state index contributed by atoms with van der Waals surface area (Å²) in [6.45, 7) is 3.16. The molecule has 16 heteroatoms. The number of pyridine rings is 1. The number of imide groups is 1. The summed E-state index contributed by atoms with van der Waals surface area (Å²) in [6.07, 6.45) is 2.36. The number of aliphatic hydroxyl groups is 1. The van der Waals surface area contributed by atoms with Crippen LogP contribution in [0, 0.1) is 5.41 Å². The summed E-state index contributed by atoms with van der Waals surface area (Å²) in [5, 5.41) is 28.1. The maximum absolute atomic E-state index is 13.2. The fraction of sp³-hybridized carbons (Fsp3) is 0.317. The molecule has 0 aliphatic carbocycles. The van der Waals surface area contributed by atoms with Crippen LogP contribution in [0.25, 0.3) is 11.3 Å². The molecule has 0 spiro atoms. The van der Waals surface area contributed by atoms with Gasteiger partial charge in [-0.3, -0.25) is 34.8 Å². The zero-order valence-corrected chi connectivity index (χ0v) is 32.3. The van der Waals surface area contributed by atoms with E-state index in [1.54, 1.807) is 30.5 Å². The molecule has 4 amide bonds. The average molecular weight is 792 g/mol. The van der Waals surface area contributed by atoms with Crippen LogP contribution >= 0.6 is 0 Å². The SMILES string of the molecule is C[S+]([O-])c1ccc(-c2ccc/c(=N/C(=N)Nc3ccc(N4CCN(C(=O)CCCCNc5cccc6c5C(O)N(C5CCC(=O)NC5=O)C6=O)CC4)cc3)[nH]2)cc1. The van der Waals surface area contributed by atoms with Gasteiger partial charge in [-0.25, -0.2) is 0 Å². The van der Waals surface area contributed by atoms with Gasteiger partial charge >= 0.3 is 0 Å². The number of unbranched alkanes of at least 4 members (excludes halogenated alkanes) is 1. The van der Waals surface area contributed by atoms with E-state index in [1.165, 1.54) is 0 Å². The van der Waals surface area contributed by atoms with Crippen LogP contribution in [0.5, 0.6) is 0 Å². The van der Waals surface area contributed by atoms with Crippen LogP contribution in [0.15, 0.2) is 94.8 Å². The summed E-state index contributed by atoms with van der Waals surface area (Å²) >= 11 is -1.05. The molecule has 0 saturated carbocycles. The average Bonchev–Trinajstić information content (AvgIpc) is 3.47. The molecule has 3 atom stereocenters. The van der Waals surface area contributed by atoms with Gasteiger partial charge in [0.15, 0.2) is 11.1 Å². The van der Waals surface area contributed by atoms with Crippen molar-refractivity contribution in [3.63, 3.8) is 0 Å². The molecule has 15 nitrogen and oxygen atoms in total. The minimum Gasteiger partial charge on any atom is -0.612 e. The van der Waals surface area contributed by atoms with E-state index in [1.807, 2.05) is 65.6 Å². The van der Waals surface area contributed by atoms with Crippen molar-refractivity contribution in [1.29, 1.82) is 5.41 Å². The summed E-state index contributed by atoms with van der Waals surface area (Å²) in [6, 6.07) is 25.0. The van der Waals surface area contributed by atoms with E-state index in [4.69, 9.17) is 5.41 Å². The van der Waals surface area contributed by atoms with Crippen molar-refractivity contribution < 1.29 is 28.8 Å². The second-order valence-corrected chi connectivity index (χ2v) is 15.5. The number of nitrogens with zero attached hydrogens (tertiary/aromatic N) is 4. The quantitative estimate of drug-likeness (QED) is 0.0431. The predicted octanol–water partition coefficient (Wildman–Crippen LogP) is 3.55. The summed E-state index contributed by atoms with van der Waals surface area (Å²) in [5.41, 5.74) is 5.35. The fourth-order valence-corrected chi connectivity index (χ4v) is 7.91. The van der Waals surface area contributed by atoms with Crippen molar-refractivity contribution in [3.8, 4) is 11.3 Å². The molecule has 6 N–H and O–H groups in total. The highest BCUT2D eigenvalue weighted by Gasteiger charge is 2.45. The Morgan fingerprint density at radius 3 is 2.42 bits per heavy atom. The molecule has 296 valence electrons. The van der Waals surface area contributed by atoms with Crippen molar-refractivity contribution in [2.75, 3.05) is 54.5 Å². The van der Waals surface area contributed by atoms with Crippen LogP contribution in [0.3, 0.4) is 0 Å². The Morgan fingerprint density at radius 1 is 0.965 bits per heavy atom. The number of carbonyl (C=O) groups excluding carboxylic acids is 4. The zero-order chi connectivity index (χ0) is 40.1. The smallest absolute Gasteiger partial charge is 0.257 e. The Labute approximate surface area is 332 Å². The Balaban J connectivity index is 0.835. The maximum Gasteiger partial charge on any atom is 0.257 e. The fourth-order valence-electron chi connectivity index (χ4n) is 7.39. The Hall–Kier alpha value is -5.97. The molecule has 1 aromatic heterocycles. The maximum atomic E-state index is 13.2. The lowest BCUT2D eigenvalue weighted by Crippen LogP contribution is -2.53. The van der Waals surface area contributed by atoms with Crippen LogP contribution in [-0.2, 0) is 25.6 Å². The van der Waals surface area contributed by atoms with Gasteiger partial charge in [0.2, 0.25) is 23.7 Å². The third-order valence-electron chi connectivity index (χ3n) is 10.4. The number of fused-ring (bicyclic) bond motifs is 1. The number of benzene rings is 3. The van der Waals surface area contributed by atoms with Gasteiger partial charge in [0.05, 0.1) is 0 Å². The molecule has 3 aromatic carbocycles. The summed E-state index contributed by atoms with van der Waals surface area (Å²) in [5.74, 6) is -1.34. The van der Waals surface area contributed by atoms with Gasteiger partial charge < -0.3 is 35.1 Å². The van der Waals surface area contributed by atoms with Crippen LogP contribution in [-0.4, -0.2) is 99.1 Å². The summed E-state index contributed by atoms with van der Waals surface area (Å²) < 4.78 is 11.7. The molecule has 3 aliphatic rings. The highest BCUT2D eigenvalue weighted by Crippen LogP contribution is 2.39. The number of hydrogen-bond acceptors (Lipinski definition) is 9. The summed E-state index contributed by atoms with van der Waals surface area (Å²) in [7, 11) is 0. The number of carbonyl (C=O) groups is 4. The first-order chi connectivity index (χ1) is 27.5. The van der Waals surface area contributed by atoms with E-state index >= 15 is 0 Å². The van der Waals surface area contributed by atoms with Crippen LogP contribution in [0.2, 0.25) is 0 Å². The number of aromatic nitrogens is 1. The number of nitrogens with one attached hydrogen (secondary N) is 5. The van der Waals surface area contributed by atoms with Crippen LogP contribution < -0.4 is 26.3 Å². The van der Waals surface area contributed by atoms with Gasteiger partial charge in [0.25, 0.3) is 5.91 Å². The number of aromatic amines is 1. The van der Waals surface area contributed by atoms with E-state index < -0.39 is 41.2 Å². The molecule has 4 aromatic rings. The second-order valence-electron chi connectivity index (χ2n) is 14.1. The van der Waals surface area contributed by atoms with E-state index in [9.17, 15) is 28.8 Å². The highest BCUT2D eigenvalue weighted by atomic mass is 32.2. The van der Waals surface area contributed by atoms with Gasteiger partial charge in [0, 0.05) is 79.4 Å². The van der Waals surface area contributed by atoms with Gasteiger partial charge in [0.1, 0.15) is 17.8 Å². The molecule has 0 bridgehead atoms. The van der Waals surface area contributed by atoms with Gasteiger partial charge in [-0.15, -0.1) is 0 Å². The van der Waals surface area contributed by atoms with Crippen molar-refractivity contribution >= 4 is 57.8 Å². The largest absolute Gasteiger partial charge is 0.612 e. The molecule has 2 saturated heterocycles. The van der Waals surface area contributed by atoms with E-state index in [0.29, 0.717) is 74.3 Å². The molecule has 7 rings (SSSR count). The Bertz CT molecular complexity index is 2220. The van der Waals surface area contributed by atoms with Gasteiger partial charge in [-0.2, -0.15) is 4.99 Å². The standard InChI is InChI=1S/C41H45N9O6S/c1-57(56)29-17-11-26(12-18-29)31-7-5-9-34(45-31)46-41(42)44-27-13-15-28(16-14-27)48-22-24-49(25-23-48)36(52)10-2-3-21-43-32-8-4-6-30-37(32)40(55)50(39(30)54)33-19-20-35(51)47-38(33)53/h4-9,11-18,33,40,43,55H,2-3,10,19-25H2,1H3,(H,47,51,53)(H3,42,44,45,46). The molecule has 0 radical (unpaired) electrons. The lowest BCUT2D eigenvalue weighted by molar-refractivity contribution is -0.139. The number of H-pyrrole nitrogens is 1. The molecular formula is C41H45N9O6S. The van der Waals surface area contributed by atoms with Crippen molar-refractivity contribution in [2.24, 2.45) is 4.99 Å². The number of guanidine groups is 1. The third-order valence-corrected chi connectivity index (χ3v) is 11.3. The first-order valence-corrected chi connectivity index (χ1v) is 20.5. The van der Waals surface area contributed by atoms with Crippen molar-refractivity contribution in [3.05, 3.63) is 102 Å². The Morgan fingerprint density at radius 2 is 1.70 bits per heavy atom. The number of aliphatic hydroxyl groups excluding tert-OH is 1.